The van der Waals surface area contributed by atoms with Crippen LogP contribution >= 0.6 is 11.6 Å². The summed E-state index contributed by atoms with van der Waals surface area (Å²) in [5.41, 5.74) is 2.35. The summed E-state index contributed by atoms with van der Waals surface area (Å²) in [6.07, 6.45) is 1.71. The molecule has 0 aliphatic carbocycles. The van der Waals surface area contributed by atoms with Gasteiger partial charge in [0.15, 0.2) is 5.82 Å². The quantitative estimate of drug-likeness (QED) is 0.792. The van der Waals surface area contributed by atoms with Crippen molar-refractivity contribution in [2.75, 3.05) is 0 Å². The van der Waals surface area contributed by atoms with Gasteiger partial charge in [0, 0.05) is 30.9 Å². The van der Waals surface area contributed by atoms with Crippen molar-refractivity contribution in [2.45, 2.75) is 13.5 Å². The molecule has 0 bridgehead atoms. The predicted octanol–water partition coefficient (Wildman–Crippen LogP) is 2.05. The van der Waals surface area contributed by atoms with Crippen LogP contribution in [0, 0.1) is 6.92 Å². The van der Waals surface area contributed by atoms with Crippen LogP contribution in [0.5, 0.6) is 5.75 Å². The molecule has 3 rings (SSSR count). The molecule has 1 N–H and O–H groups in total. The fourth-order valence-corrected chi connectivity index (χ4v) is 2.43. The maximum absolute atomic E-state index is 11.4. The highest BCUT2D eigenvalue weighted by molar-refractivity contribution is 6.31. The first kappa shape index (κ1) is 15.4. The van der Waals surface area contributed by atoms with Crippen LogP contribution < -0.4 is 10.4 Å². The van der Waals surface area contributed by atoms with Gasteiger partial charge in [0.25, 0.3) is 0 Å². The smallest absolute Gasteiger partial charge is 0.343 e. The molecular weight excluding hydrogens is 318 g/mol. The van der Waals surface area contributed by atoms with Gasteiger partial charge < -0.3 is 4.74 Å². The first-order chi connectivity index (χ1) is 11.0. The minimum Gasteiger partial charge on any atom is -0.485 e. The molecule has 0 fully saturated rings. The lowest BCUT2D eigenvalue weighted by Gasteiger charge is -2.13. The van der Waals surface area contributed by atoms with Gasteiger partial charge in [0.05, 0.1) is 5.69 Å². The fourth-order valence-electron chi connectivity index (χ4n) is 2.26. The van der Waals surface area contributed by atoms with Crippen LogP contribution in [0.25, 0.3) is 11.3 Å². The Kier molecular flexibility index (Phi) is 3.96. The number of rotatable bonds is 4. The van der Waals surface area contributed by atoms with Crippen LogP contribution in [0.3, 0.4) is 0 Å². The molecule has 23 heavy (non-hydrogen) atoms. The van der Waals surface area contributed by atoms with E-state index in [9.17, 15) is 4.79 Å². The molecule has 120 valence electrons. The van der Waals surface area contributed by atoms with Crippen molar-refractivity contribution in [2.24, 2.45) is 14.1 Å². The first-order valence-corrected chi connectivity index (χ1v) is 7.36. The molecule has 0 saturated heterocycles. The highest BCUT2D eigenvalue weighted by Crippen LogP contribution is 2.34. The van der Waals surface area contributed by atoms with E-state index in [0.717, 1.165) is 16.8 Å². The largest absolute Gasteiger partial charge is 0.485 e. The summed E-state index contributed by atoms with van der Waals surface area (Å²) in [4.78, 5) is 11.4. The first-order valence-electron chi connectivity index (χ1n) is 6.99. The van der Waals surface area contributed by atoms with Gasteiger partial charge in [0.2, 0.25) is 0 Å². The van der Waals surface area contributed by atoms with Gasteiger partial charge in [0.1, 0.15) is 12.4 Å². The number of nitrogens with one attached hydrogen (secondary N) is 1. The maximum atomic E-state index is 11.4. The van der Waals surface area contributed by atoms with E-state index < -0.39 is 0 Å². The standard InChI is InChI=1S/C15H16ClN5O2/c1-9-6-13(23-8-14-18-19-15(22)20(14)2)10(7-11(9)16)12-4-5-17-21(12)3/h4-7H,8H2,1-3H3,(H,19,22). The van der Waals surface area contributed by atoms with Crippen molar-refractivity contribution >= 4 is 11.6 Å². The second-order valence-corrected chi connectivity index (χ2v) is 5.64. The molecule has 8 heteroatoms. The van der Waals surface area contributed by atoms with Crippen LogP contribution in [0.2, 0.25) is 5.02 Å². The molecule has 3 aromatic rings. The van der Waals surface area contributed by atoms with Gasteiger partial charge in [-0.3, -0.25) is 9.25 Å². The number of nitrogens with zero attached hydrogens (tertiary/aromatic N) is 4. The zero-order valence-corrected chi connectivity index (χ0v) is 13.8. The second kappa shape index (κ2) is 5.92. The van der Waals surface area contributed by atoms with Gasteiger partial charge in [-0.25, -0.2) is 9.89 Å². The van der Waals surface area contributed by atoms with Gasteiger partial charge >= 0.3 is 5.69 Å². The molecule has 0 spiro atoms. The summed E-state index contributed by atoms with van der Waals surface area (Å²) in [7, 11) is 3.49. The number of benzene rings is 1. The van der Waals surface area contributed by atoms with E-state index in [0.29, 0.717) is 16.6 Å². The Morgan fingerprint density at radius 2 is 2.13 bits per heavy atom. The molecule has 1 aromatic carbocycles. The Bertz CT molecular complexity index is 909. The van der Waals surface area contributed by atoms with E-state index in [1.807, 2.05) is 32.2 Å². The summed E-state index contributed by atoms with van der Waals surface area (Å²) < 4.78 is 9.05. The number of hydrogen-bond donors (Lipinski definition) is 1. The third-order valence-electron chi connectivity index (χ3n) is 3.69. The van der Waals surface area contributed by atoms with Crippen molar-refractivity contribution < 1.29 is 4.74 Å². The molecule has 0 radical (unpaired) electrons. The van der Waals surface area contributed by atoms with Crippen LogP contribution in [0.4, 0.5) is 0 Å². The Labute approximate surface area is 137 Å². The fraction of sp³-hybridized carbons (Fsp3) is 0.267. The number of ether oxygens (including phenoxy) is 1. The number of aromatic nitrogens is 5. The summed E-state index contributed by atoms with van der Waals surface area (Å²) >= 11 is 6.25. The number of aryl methyl sites for hydroxylation is 2. The van der Waals surface area contributed by atoms with Gasteiger partial charge in [-0.1, -0.05) is 11.6 Å². The zero-order chi connectivity index (χ0) is 16.6. The van der Waals surface area contributed by atoms with Crippen molar-refractivity contribution in [1.82, 2.24) is 24.5 Å². The van der Waals surface area contributed by atoms with Gasteiger partial charge in [-0.15, -0.1) is 0 Å². The minimum atomic E-state index is -0.275. The number of H-pyrrole nitrogens is 1. The topological polar surface area (TPSA) is 77.7 Å². The Morgan fingerprint density at radius 3 is 2.74 bits per heavy atom. The summed E-state index contributed by atoms with van der Waals surface area (Å²) in [6.45, 7) is 2.08. The summed E-state index contributed by atoms with van der Waals surface area (Å²) in [6, 6.07) is 5.61. The highest BCUT2D eigenvalue weighted by Gasteiger charge is 2.14. The average Bonchev–Trinajstić information content (AvgIpc) is 3.08. The zero-order valence-electron chi connectivity index (χ0n) is 13.0. The number of halogens is 1. The van der Waals surface area contributed by atoms with Crippen LogP contribution in [-0.4, -0.2) is 24.5 Å². The SMILES string of the molecule is Cc1cc(OCc2n[nH]c(=O)n2C)c(-c2ccnn2C)cc1Cl. The molecule has 0 atom stereocenters. The molecule has 0 aliphatic rings. The highest BCUT2D eigenvalue weighted by atomic mass is 35.5. The number of hydrogen-bond acceptors (Lipinski definition) is 4. The monoisotopic (exact) mass is 333 g/mol. The Morgan fingerprint density at radius 1 is 1.35 bits per heavy atom. The molecule has 0 unspecified atom stereocenters. The van der Waals surface area contributed by atoms with Crippen LogP contribution in [0.15, 0.2) is 29.2 Å². The Balaban J connectivity index is 1.98. The van der Waals surface area contributed by atoms with Crippen molar-refractivity contribution in [3.63, 3.8) is 0 Å². The van der Waals surface area contributed by atoms with E-state index in [-0.39, 0.29) is 12.3 Å². The van der Waals surface area contributed by atoms with Crippen molar-refractivity contribution in [1.29, 1.82) is 0 Å². The van der Waals surface area contributed by atoms with Crippen LogP contribution in [0.1, 0.15) is 11.4 Å². The lowest BCUT2D eigenvalue weighted by molar-refractivity contribution is 0.292. The molecule has 0 amide bonds. The van der Waals surface area contributed by atoms with Crippen molar-refractivity contribution in [3.05, 3.63) is 51.3 Å². The number of aromatic amines is 1. The van der Waals surface area contributed by atoms with Gasteiger partial charge in [-0.05, 0) is 30.7 Å². The molecular formula is C15H16ClN5O2. The normalized spacial score (nSPS) is 11.0. The van der Waals surface area contributed by atoms with E-state index in [2.05, 4.69) is 15.3 Å². The van der Waals surface area contributed by atoms with Crippen molar-refractivity contribution in [3.8, 4) is 17.0 Å². The summed E-state index contributed by atoms with van der Waals surface area (Å²) in [5, 5.41) is 11.2. The lowest BCUT2D eigenvalue weighted by atomic mass is 10.1. The van der Waals surface area contributed by atoms with E-state index in [1.165, 1.54) is 4.57 Å². The van der Waals surface area contributed by atoms with E-state index in [4.69, 9.17) is 16.3 Å². The molecule has 0 aliphatic heterocycles. The lowest BCUT2D eigenvalue weighted by Crippen LogP contribution is -2.15. The minimum absolute atomic E-state index is 0.168. The van der Waals surface area contributed by atoms with Gasteiger partial charge in [-0.2, -0.15) is 10.2 Å². The van der Waals surface area contributed by atoms with E-state index >= 15 is 0 Å². The summed E-state index contributed by atoms with van der Waals surface area (Å²) in [5.74, 6) is 1.17. The molecule has 0 saturated carbocycles. The third kappa shape index (κ3) is 2.87. The Hall–Kier alpha value is -2.54. The third-order valence-corrected chi connectivity index (χ3v) is 4.09. The molecule has 7 nitrogen and oxygen atoms in total. The van der Waals surface area contributed by atoms with Crippen LogP contribution in [-0.2, 0) is 20.7 Å². The second-order valence-electron chi connectivity index (χ2n) is 5.23. The average molecular weight is 334 g/mol. The maximum Gasteiger partial charge on any atom is 0.343 e. The molecule has 2 heterocycles. The predicted molar refractivity (Wildman–Crippen MR) is 86.6 cm³/mol. The van der Waals surface area contributed by atoms with E-state index in [1.54, 1.807) is 17.9 Å². The molecule has 2 aromatic heterocycles.